The Bertz CT molecular complexity index is 2460. The quantitative estimate of drug-likeness (QED) is 0.128. The van der Waals surface area contributed by atoms with Crippen LogP contribution in [0.4, 0.5) is 4.39 Å². The Labute approximate surface area is 306 Å². The molecule has 0 N–H and O–H groups in total. The molecule has 4 heterocycles. The van der Waals surface area contributed by atoms with Gasteiger partial charge in [-0.3, -0.25) is 4.39 Å². The van der Waals surface area contributed by atoms with Gasteiger partial charge >= 0.3 is 0 Å². The van der Waals surface area contributed by atoms with Crippen molar-refractivity contribution < 1.29 is 38.5 Å². The van der Waals surface area contributed by atoms with Crippen molar-refractivity contribution in [2.24, 2.45) is 0 Å². The SMILES string of the molecule is [2H]C(C)(C)c1cc(-c2[c-]cc(F)cc2)ncc1[Si](C)(C)C.[2H]C([2H])([2H])c1ccc2c(n1)oc1c(-c3cc(C([2H])([2H])[2H])c(-c4ccccc4)cn3)[c-]ccc12.[Ir]. The summed E-state index contributed by atoms with van der Waals surface area (Å²) in [5.74, 6) is -0.994. The van der Waals surface area contributed by atoms with Gasteiger partial charge in [0.2, 0.25) is 5.71 Å². The van der Waals surface area contributed by atoms with Crippen LogP contribution in [-0.2, 0) is 20.1 Å². The van der Waals surface area contributed by atoms with Gasteiger partial charge in [-0.25, -0.2) is 4.98 Å². The van der Waals surface area contributed by atoms with Gasteiger partial charge in [0.1, 0.15) is 0 Å². The molecule has 0 aliphatic rings. The average Bonchev–Trinajstić information content (AvgIpc) is 3.49. The van der Waals surface area contributed by atoms with Gasteiger partial charge in [-0.2, -0.15) is 0 Å². The van der Waals surface area contributed by atoms with Crippen molar-refractivity contribution in [3.8, 4) is 33.6 Å². The van der Waals surface area contributed by atoms with Gasteiger partial charge in [-0.05, 0) is 59.4 Å². The van der Waals surface area contributed by atoms with E-state index in [1.165, 1.54) is 29.5 Å². The van der Waals surface area contributed by atoms with Crippen LogP contribution in [0.1, 0.15) is 46.2 Å². The first-order valence-electron chi connectivity index (χ1n) is 18.7. The number of nitrogens with zero attached hydrogens (tertiary/aromatic N) is 3. The Morgan fingerprint density at radius 3 is 2.35 bits per heavy atom. The zero-order chi connectivity index (χ0) is 39.2. The third kappa shape index (κ3) is 7.39. The molecule has 0 spiro atoms. The minimum absolute atomic E-state index is 0. The first-order valence-corrected chi connectivity index (χ1v) is 18.7. The molecule has 3 aromatic carbocycles. The van der Waals surface area contributed by atoms with E-state index in [1.807, 2.05) is 56.4 Å². The Balaban J connectivity index is 0.000000229. The van der Waals surface area contributed by atoms with Crippen molar-refractivity contribution >= 4 is 35.3 Å². The number of aromatic nitrogens is 3. The second kappa shape index (κ2) is 14.4. The Morgan fingerprint density at radius 1 is 0.875 bits per heavy atom. The summed E-state index contributed by atoms with van der Waals surface area (Å²) in [6.07, 6.45) is 3.44. The van der Waals surface area contributed by atoms with E-state index in [2.05, 4.69) is 46.7 Å². The largest absolute Gasteiger partial charge is 0.486 e. The summed E-state index contributed by atoms with van der Waals surface area (Å²) in [5.41, 5.74) is 5.37. The van der Waals surface area contributed by atoms with Crippen molar-refractivity contribution in [2.45, 2.75) is 53.1 Å². The molecule has 4 aromatic heterocycles. The number of rotatable bonds is 5. The maximum atomic E-state index is 13.0. The standard InChI is InChI=1S/C24H17N2O.C17H21FNSi.Ir/c1-15-13-22(25-14-21(15)17-7-4-3-5-8-17)20-10-6-9-18-19-12-11-16(2)26-24(19)27-23(18)20;1-12(2)15-10-16(13-6-8-14(18)9-7-13)19-11-17(15)20(3,4)5;/h3-9,11-14H,1-2H3;6,8-12H,1-5H3;/q2*-1;/i1D3,2D3;12D;. The average molecular weight is 835 g/mol. The molecule has 7 heteroatoms. The molecule has 0 aliphatic heterocycles. The molecule has 48 heavy (non-hydrogen) atoms. The number of furan rings is 1. The summed E-state index contributed by atoms with van der Waals surface area (Å²) in [6, 6.07) is 29.7. The van der Waals surface area contributed by atoms with Gasteiger partial charge in [0, 0.05) is 64.6 Å². The van der Waals surface area contributed by atoms with Gasteiger partial charge in [-0.1, -0.05) is 92.5 Å². The van der Waals surface area contributed by atoms with Crippen molar-refractivity contribution in [2.75, 3.05) is 0 Å². The summed E-state index contributed by atoms with van der Waals surface area (Å²) < 4.78 is 74.3. The van der Waals surface area contributed by atoms with Gasteiger partial charge in [0.25, 0.3) is 0 Å². The molecule has 0 aliphatic carbocycles. The van der Waals surface area contributed by atoms with Gasteiger partial charge in [-0.15, -0.1) is 48.0 Å². The number of benzene rings is 3. The molecule has 0 saturated carbocycles. The fourth-order valence-electron chi connectivity index (χ4n) is 5.43. The van der Waals surface area contributed by atoms with Crippen molar-refractivity contribution in [1.82, 2.24) is 15.0 Å². The summed E-state index contributed by atoms with van der Waals surface area (Å²) in [6.45, 7) is 5.83. The van der Waals surface area contributed by atoms with Crippen molar-refractivity contribution in [3.05, 3.63) is 132 Å². The first kappa shape index (κ1) is 26.6. The molecule has 245 valence electrons. The number of pyridine rings is 3. The first-order chi connectivity index (χ1) is 25.2. The van der Waals surface area contributed by atoms with Crippen LogP contribution in [0.2, 0.25) is 19.6 Å². The Kier molecular flexibility index (Phi) is 8.02. The number of hydrogen-bond donors (Lipinski definition) is 0. The minimum Gasteiger partial charge on any atom is -0.486 e. The van der Waals surface area contributed by atoms with Gasteiger partial charge < -0.3 is 14.4 Å². The van der Waals surface area contributed by atoms with E-state index >= 15 is 0 Å². The predicted molar refractivity (Wildman–Crippen MR) is 194 cm³/mol. The number of halogens is 1. The third-order valence-corrected chi connectivity index (χ3v) is 9.86. The van der Waals surface area contributed by atoms with E-state index in [9.17, 15) is 4.39 Å². The van der Waals surface area contributed by atoms with Crippen LogP contribution >= 0.6 is 0 Å². The topological polar surface area (TPSA) is 51.8 Å². The fraction of sp³-hybridized carbons (Fsp3) is 0.195. The maximum Gasteiger partial charge on any atom is 0.216 e. The number of aryl methyl sites for hydroxylation is 2. The zero-order valence-electron chi connectivity index (χ0n) is 34.2. The predicted octanol–water partition coefficient (Wildman–Crippen LogP) is 10.5. The van der Waals surface area contributed by atoms with E-state index in [0.29, 0.717) is 33.2 Å². The van der Waals surface area contributed by atoms with Crippen LogP contribution in [0.5, 0.6) is 0 Å². The monoisotopic (exact) mass is 835 g/mol. The summed E-state index contributed by atoms with van der Waals surface area (Å²) in [7, 11) is -1.57. The van der Waals surface area contributed by atoms with E-state index in [1.54, 1.807) is 30.5 Å². The molecule has 0 bridgehead atoms. The maximum absolute atomic E-state index is 13.0. The fourth-order valence-corrected chi connectivity index (χ4v) is 7.01. The molecule has 0 atom stereocenters. The van der Waals surface area contributed by atoms with E-state index < -0.39 is 27.7 Å². The number of hydrogen-bond acceptors (Lipinski definition) is 4. The summed E-state index contributed by atoms with van der Waals surface area (Å²) in [5, 5.41) is 2.58. The molecule has 7 rings (SSSR count). The second-order valence-electron chi connectivity index (χ2n) is 12.5. The summed E-state index contributed by atoms with van der Waals surface area (Å²) >= 11 is 0. The van der Waals surface area contributed by atoms with Gasteiger partial charge in [0.05, 0.1) is 13.7 Å². The summed E-state index contributed by atoms with van der Waals surface area (Å²) in [4.78, 5) is 13.2. The van der Waals surface area contributed by atoms with Gasteiger partial charge in [0.15, 0.2) is 0 Å². The van der Waals surface area contributed by atoms with E-state index in [4.69, 9.17) is 14.0 Å². The van der Waals surface area contributed by atoms with Crippen molar-refractivity contribution in [1.29, 1.82) is 0 Å². The van der Waals surface area contributed by atoms with Crippen LogP contribution in [0.3, 0.4) is 0 Å². The molecule has 0 amide bonds. The molecule has 0 saturated heterocycles. The van der Waals surface area contributed by atoms with Crippen LogP contribution in [0, 0.1) is 31.7 Å². The smallest absolute Gasteiger partial charge is 0.216 e. The normalized spacial score (nSPS) is 14.2. The molecular weight excluding hydrogens is 790 g/mol. The van der Waals surface area contributed by atoms with Crippen LogP contribution in [-0.4, -0.2) is 23.0 Å². The van der Waals surface area contributed by atoms with Crippen LogP contribution in [0.25, 0.3) is 55.7 Å². The molecule has 0 fully saturated rings. The van der Waals surface area contributed by atoms with Crippen LogP contribution < -0.4 is 5.19 Å². The third-order valence-electron chi connectivity index (χ3n) is 7.84. The second-order valence-corrected chi connectivity index (χ2v) is 17.6. The zero-order valence-corrected chi connectivity index (χ0v) is 30.6. The molecular formula is C41H38FIrN3OSi-2. The van der Waals surface area contributed by atoms with E-state index in [-0.39, 0.29) is 42.9 Å². The number of fused-ring (bicyclic) bond motifs is 3. The minimum atomic E-state index is -2.36. The van der Waals surface area contributed by atoms with Crippen LogP contribution in [0.15, 0.2) is 102 Å². The molecule has 7 aromatic rings. The Morgan fingerprint density at radius 2 is 1.67 bits per heavy atom. The molecule has 1 radical (unpaired) electrons. The molecule has 0 unspecified atom stereocenters. The van der Waals surface area contributed by atoms with E-state index in [0.717, 1.165) is 22.4 Å². The Hall–Kier alpha value is -4.29. The van der Waals surface area contributed by atoms with Crippen molar-refractivity contribution in [3.63, 3.8) is 0 Å². The molecule has 4 nitrogen and oxygen atoms in total.